The van der Waals surface area contributed by atoms with E-state index in [9.17, 15) is 5.26 Å². The van der Waals surface area contributed by atoms with E-state index in [-0.39, 0.29) is 0 Å². The standard InChI is InChI=1S/C65H49N5/c1-39-7-15-45(16-8-39)49-23-27-54-55-28-24-50(46-17-9-40(2)10-18-46)33-60(55)69(59(54)32-49)63-36-53(65-67-43(5)31-44(6)68-65)37-64(58(63)38-66)70-61-34-51(47-19-11-41(3)12-20-47)25-29-56(61)57-30-26-52(35-62(57)70)48-21-13-42(4)14-22-48/h7-37H,1-6H3. The van der Waals surface area contributed by atoms with E-state index in [2.05, 4.69) is 225 Å². The first-order valence-electron chi connectivity index (χ1n) is 23.9. The van der Waals surface area contributed by atoms with Gasteiger partial charge in [0.05, 0.1) is 33.4 Å². The predicted molar refractivity (Wildman–Crippen MR) is 291 cm³/mol. The van der Waals surface area contributed by atoms with Crippen molar-refractivity contribution in [2.75, 3.05) is 0 Å². The van der Waals surface area contributed by atoms with Crippen molar-refractivity contribution in [1.82, 2.24) is 19.1 Å². The molecule has 0 saturated heterocycles. The van der Waals surface area contributed by atoms with Gasteiger partial charge in [0.1, 0.15) is 11.6 Å². The fourth-order valence-corrected chi connectivity index (χ4v) is 10.3. The minimum atomic E-state index is 0.536. The third kappa shape index (κ3) is 7.33. The first-order valence-corrected chi connectivity index (χ1v) is 23.9. The first kappa shape index (κ1) is 42.5. The second kappa shape index (κ2) is 16.7. The lowest BCUT2D eigenvalue weighted by molar-refractivity contribution is 1.05. The highest BCUT2D eigenvalue weighted by Crippen LogP contribution is 2.43. The topological polar surface area (TPSA) is 59.4 Å². The molecule has 3 aromatic heterocycles. The molecule has 0 saturated carbocycles. The Bertz CT molecular complexity index is 3630. The lowest BCUT2D eigenvalue weighted by Crippen LogP contribution is -2.06. The lowest BCUT2D eigenvalue weighted by atomic mass is 10.0. The van der Waals surface area contributed by atoms with Crippen LogP contribution in [0, 0.1) is 52.9 Å². The van der Waals surface area contributed by atoms with Crippen LogP contribution in [-0.4, -0.2) is 19.1 Å². The van der Waals surface area contributed by atoms with Gasteiger partial charge in [-0.2, -0.15) is 5.26 Å². The summed E-state index contributed by atoms with van der Waals surface area (Å²) in [5.41, 5.74) is 22.3. The molecule has 334 valence electrons. The molecule has 5 heteroatoms. The summed E-state index contributed by atoms with van der Waals surface area (Å²) in [5, 5.41) is 16.4. The van der Waals surface area contributed by atoms with Crippen LogP contribution >= 0.6 is 0 Å². The summed E-state index contributed by atoms with van der Waals surface area (Å²) >= 11 is 0. The molecule has 0 atom stereocenters. The van der Waals surface area contributed by atoms with Crippen LogP contribution < -0.4 is 0 Å². The van der Waals surface area contributed by atoms with E-state index >= 15 is 0 Å². The van der Waals surface area contributed by atoms with Crippen molar-refractivity contribution < 1.29 is 0 Å². The van der Waals surface area contributed by atoms with E-state index < -0.39 is 0 Å². The number of nitriles is 1. The van der Waals surface area contributed by atoms with Crippen LogP contribution in [0.3, 0.4) is 0 Å². The molecular formula is C65H49N5. The second-order valence-electron chi connectivity index (χ2n) is 19.0. The number of nitrogens with zero attached hydrogens (tertiary/aromatic N) is 5. The molecule has 0 aliphatic heterocycles. The molecule has 12 aromatic rings. The van der Waals surface area contributed by atoms with E-state index in [1.165, 1.54) is 22.3 Å². The van der Waals surface area contributed by atoms with Gasteiger partial charge in [-0.15, -0.1) is 0 Å². The number of aromatic nitrogens is 4. The van der Waals surface area contributed by atoms with Crippen LogP contribution in [0.4, 0.5) is 0 Å². The molecule has 0 unspecified atom stereocenters. The molecular weight excluding hydrogens is 851 g/mol. The van der Waals surface area contributed by atoms with E-state index in [1.54, 1.807) is 0 Å². The highest BCUT2D eigenvalue weighted by Gasteiger charge is 2.25. The van der Waals surface area contributed by atoms with Crippen LogP contribution in [0.1, 0.15) is 39.2 Å². The Morgan fingerprint density at radius 2 is 0.586 bits per heavy atom. The van der Waals surface area contributed by atoms with Crippen LogP contribution in [-0.2, 0) is 0 Å². The zero-order valence-corrected chi connectivity index (χ0v) is 40.1. The average Bonchev–Trinajstić information content (AvgIpc) is 3.87. The number of aryl methyl sites for hydroxylation is 6. The minimum Gasteiger partial charge on any atom is -0.308 e. The van der Waals surface area contributed by atoms with Gasteiger partial charge >= 0.3 is 0 Å². The molecule has 9 aromatic carbocycles. The maximum atomic E-state index is 12.0. The summed E-state index contributed by atoms with van der Waals surface area (Å²) in [5.74, 6) is 0.604. The first-order chi connectivity index (χ1) is 34.1. The fourth-order valence-electron chi connectivity index (χ4n) is 10.3. The summed E-state index contributed by atoms with van der Waals surface area (Å²) < 4.78 is 4.63. The number of rotatable bonds is 7. The lowest BCUT2D eigenvalue weighted by Gasteiger charge is -2.19. The van der Waals surface area contributed by atoms with Crippen molar-refractivity contribution in [2.24, 2.45) is 0 Å². The van der Waals surface area contributed by atoms with Crippen LogP contribution in [0.2, 0.25) is 0 Å². The van der Waals surface area contributed by atoms with Crippen molar-refractivity contribution in [3.8, 4) is 73.3 Å². The Morgan fingerprint density at radius 1 is 0.314 bits per heavy atom. The van der Waals surface area contributed by atoms with Gasteiger partial charge in [-0.3, -0.25) is 0 Å². The third-order valence-electron chi connectivity index (χ3n) is 14.0. The summed E-state index contributed by atoms with van der Waals surface area (Å²) in [6.07, 6.45) is 0. The molecule has 0 aliphatic carbocycles. The summed E-state index contributed by atoms with van der Waals surface area (Å²) in [6.45, 7) is 12.5. The summed E-state index contributed by atoms with van der Waals surface area (Å²) in [4.78, 5) is 10.2. The number of benzene rings is 9. The molecule has 70 heavy (non-hydrogen) atoms. The van der Waals surface area contributed by atoms with Gasteiger partial charge in [0, 0.05) is 38.5 Å². The highest BCUT2D eigenvalue weighted by atomic mass is 15.0. The molecule has 0 spiro atoms. The zero-order valence-electron chi connectivity index (χ0n) is 40.1. The normalized spacial score (nSPS) is 11.6. The van der Waals surface area contributed by atoms with Crippen molar-refractivity contribution in [3.05, 3.63) is 227 Å². The maximum Gasteiger partial charge on any atom is 0.159 e. The zero-order chi connectivity index (χ0) is 47.8. The van der Waals surface area contributed by atoms with Crippen molar-refractivity contribution in [2.45, 2.75) is 41.5 Å². The van der Waals surface area contributed by atoms with Crippen LogP contribution in [0.25, 0.3) is 111 Å². The Labute approximate surface area is 408 Å². The van der Waals surface area contributed by atoms with E-state index in [1.807, 2.05) is 19.9 Å². The number of fused-ring (bicyclic) bond motifs is 6. The average molecular weight is 900 g/mol. The molecule has 12 rings (SSSR count). The number of hydrogen-bond acceptors (Lipinski definition) is 3. The molecule has 0 bridgehead atoms. The van der Waals surface area contributed by atoms with Gasteiger partial charge in [0.15, 0.2) is 5.82 Å². The number of hydrogen-bond donors (Lipinski definition) is 0. The molecule has 0 radical (unpaired) electrons. The Balaban J connectivity index is 1.23. The van der Waals surface area contributed by atoms with Crippen molar-refractivity contribution in [3.63, 3.8) is 0 Å². The maximum absolute atomic E-state index is 12.0. The van der Waals surface area contributed by atoms with Crippen LogP contribution in [0.5, 0.6) is 0 Å². The molecule has 0 N–H and O–H groups in total. The third-order valence-corrected chi connectivity index (χ3v) is 14.0. The van der Waals surface area contributed by atoms with Gasteiger partial charge in [-0.1, -0.05) is 168 Å². The smallest absolute Gasteiger partial charge is 0.159 e. The van der Waals surface area contributed by atoms with Gasteiger partial charge in [0.25, 0.3) is 0 Å². The van der Waals surface area contributed by atoms with Gasteiger partial charge in [-0.25, -0.2) is 9.97 Å². The monoisotopic (exact) mass is 899 g/mol. The van der Waals surface area contributed by atoms with Gasteiger partial charge < -0.3 is 9.13 Å². The van der Waals surface area contributed by atoms with E-state index in [0.29, 0.717) is 11.4 Å². The van der Waals surface area contributed by atoms with E-state index in [0.717, 1.165) is 116 Å². The summed E-state index contributed by atoms with van der Waals surface area (Å²) in [6, 6.07) is 70.9. The minimum absolute atomic E-state index is 0.536. The Morgan fingerprint density at radius 3 is 0.857 bits per heavy atom. The van der Waals surface area contributed by atoms with Crippen molar-refractivity contribution >= 4 is 43.6 Å². The van der Waals surface area contributed by atoms with Gasteiger partial charge in [-0.05, 0) is 129 Å². The molecule has 0 aliphatic rings. The largest absolute Gasteiger partial charge is 0.308 e. The summed E-state index contributed by atoms with van der Waals surface area (Å²) in [7, 11) is 0. The fraction of sp³-hybridized carbons (Fsp3) is 0.0923. The van der Waals surface area contributed by atoms with Crippen LogP contribution in [0.15, 0.2) is 188 Å². The molecule has 5 nitrogen and oxygen atoms in total. The van der Waals surface area contributed by atoms with Gasteiger partial charge in [0.2, 0.25) is 0 Å². The SMILES string of the molecule is Cc1ccc(-c2ccc3c4ccc(-c5ccc(C)cc5)cc4n(-c4cc(-c5nc(C)cc(C)n5)cc(-n5c6cc(-c7ccc(C)cc7)ccc6c6ccc(-c7ccc(C)cc7)cc65)c4C#N)c3c2)cc1. The molecule has 3 heterocycles. The molecule has 0 fully saturated rings. The second-order valence-corrected chi connectivity index (χ2v) is 19.0. The highest BCUT2D eigenvalue weighted by molar-refractivity contribution is 6.13. The van der Waals surface area contributed by atoms with Crippen molar-refractivity contribution in [1.29, 1.82) is 5.26 Å². The Hall–Kier alpha value is -8.85. The predicted octanol–water partition coefficient (Wildman–Crippen LogP) is 16.7. The Kier molecular flexibility index (Phi) is 10.2. The van der Waals surface area contributed by atoms with E-state index in [4.69, 9.17) is 9.97 Å². The molecule has 0 amide bonds. The quantitative estimate of drug-likeness (QED) is 0.160.